The van der Waals surface area contributed by atoms with E-state index in [-0.39, 0.29) is 17.1 Å². The second-order valence-corrected chi connectivity index (χ2v) is 10.4. The zero-order valence-corrected chi connectivity index (χ0v) is 23.2. The summed E-state index contributed by atoms with van der Waals surface area (Å²) in [6.45, 7) is 4.49. The largest absolute Gasteiger partial charge is 0.494 e. The molecule has 1 aromatic heterocycles. The van der Waals surface area contributed by atoms with Crippen molar-refractivity contribution in [3.05, 3.63) is 66.2 Å². The highest BCUT2D eigenvalue weighted by Gasteiger charge is 2.20. The summed E-state index contributed by atoms with van der Waals surface area (Å²) in [5.74, 6) is 1.40. The van der Waals surface area contributed by atoms with Crippen molar-refractivity contribution in [1.29, 1.82) is 0 Å². The second kappa shape index (κ2) is 12.7. The molecule has 10 heteroatoms. The first-order chi connectivity index (χ1) is 18.4. The molecule has 8 nitrogen and oxygen atoms in total. The molecule has 2 N–H and O–H groups in total. The highest BCUT2D eigenvalue weighted by molar-refractivity contribution is 8.00. The number of nitrogens with one attached hydrogen (secondary N) is 2. The standard InChI is InChI=1S/C28H29N3O5S2/c1-5-24(27(33)31-28-30-21-12-11-19(36-6-2)16-25(21)38-28)37-20-9-7-8-18(15-20)29-26(32)17-10-13-22(34-3)23(14-17)35-4/h7-16,24H,5-6H2,1-4H3,(H,29,32)(H,30,31,33). The third-order valence-corrected chi connectivity index (χ3v) is 7.87. The molecule has 1 heterocycles. The molecular weight excluding hydrogens is 522 g/mol. The van der Waals surface area contributed by atoms with Gasteiger partial charge in [0.15, 0.2) is 16.6 Å². The van der Waals surface area contributed by atoms with Crippen LogP contribution < -0.4 is 24.8 Å². The summed E-state index contributed by atoms with van der Waals surface area (Å²) in [6, 6.07) is 18.1. The third-order valence-electron chi connectivity index (χ3n) is 5.58. The molecule has 0 spiro atoms. The fourth-order valence-electron chi connectivity index (χ4n) is 3.72. The van der Waals surface area contributed by atoms with Crippen molar-refractivity contribution in [3.63, 3.8) is 0 Å². The molecule has 0 saturated carbocycles. The predicted octanol–water partition coefficient (Wildman–Crippen LogP) is 6.47. The molecule has 1 unspecified atom stereocenters. The van der Waals surface area contributed by atoms with Crippen LogP contribution in [0.5, 0.6) is 17.2 Å². The van der Waals surface area contributed by atoms with Crippen LogP contribution in [0.15, 0.2) is 65.6 Å². The van der Waals surface area contributed by atoms with E-state index < -0.39 is 0 Å². The number of hydrogen-bond donors (Lipinski definition) is 2. The Bertz CT molecular complexity index is 1440. The fourth-order valence-corrected chi connectivity index (χ4v) is 5.63. The van der Waals surface area contributed by atoms with Crippen LogP contribution in [0.3, 0.4) is 0 Å². The van der Waals surface area contributed by atoms with Gasteiger partial charge >= 0.3 is 0 Å². The maximum Gasteiger partial charge on any atom is 0.255 e. The molecule has 0 aliphatic carbocycles. The average Bonchev–Trinajstić information content (AvgIpc) is 3.33. The highest BCUT2D eigenvalue weighted by Crippen LogP contribution is 2.32. The Morgan fingerprint density at radius 3 is 2.53 bits per heavy atom. The van der Waals surface area contributed by atoms with E-state index in [9.17, 15) is 9.59 Å². The number of fused-ring (bicyclic) bond motifs is 1. The fraction of sp³-hybridized carbons (Fsp3) is 0.250. The molecule has 0 fully saturated rings. The lowest BCUT2D eigenvalue weighted by Gasteiger charge is -2.14. The molecule has 198 valence electrons. The van der Waals surface area contributed by atoms with Gasteiger partial charge in [-0.2, -0.15) is 0 Å². The molecule has 3 aromatic carbocycles. The van der Waals surface area contributed by atoms with Gasteiger partial charge < -0.3 is 24.8 Å². The van der Waals surface area contributed by atoms with Crippen molar-refractivity contribution in [3.8, 4) is 17.2 Å². The van der Waals surface area contributed by atoms with Gasteiger partial charge in [0.2, 0.25) is 5.91 Å². The van der Waals surface area contributed by atoms with Gasteiger partial charge in [0.25, 0.3) is 5.91 Å². The number of rotatable bonds is 11. The molecule has 4 rings (SSSR count). The minimum absolute atomic E-state index is 0.124. The van der Waals surface area contributed by atoms with Crippen LogP contribution in [0.2, 0.25) is 0 Å². The lowest BCUT2D eigenvalue weighted by atomic mass is 10.2. The summed E-state index contributed by atoms with van der Waals surface area (Å²) >= 11 is 2.85. The molecular formula is C28H29N3O5S2. The predicted molar refractivity (Wildman–Crippen MR) is 153 cm³/mol. The highest BCUT2D eigenvalue weighted by atomic mass is 32.2. The monoisotopic (exact) mass is 551 g/mol. The van der Waals surface area contributed by atoms with Crippen molar-refractivity contribution in [2.24, 2.45) is 0 Å². The summed E-state index contributed by atoms with van der Waals surface area (Å²) in [7, 11) is 3.07. The van der Waals surface area contributed by atoms with Gasteiger partial charge in [-0.15, -0.1) is 11.8 Å². The summed E-state index contributed by atoms with van der Waals surface area (Å²) in [4.78, 5) is 31.3. The Kier molecular flexibility index (Phi) is 9.09. The van der Waals surface area contributed by atoms with Gasteiger partial charge in [-0.3, -0.25) is 9.59 Å². The zero-order chi connectivity index (χ0) is 27.1. The number of methoxy groups -OCH3 is 2. The van der Waals surface area contributed by atoms with Crippen LogP contribution in [0, 0.1) is 0 Å². The van der Waals surface area contributed by atoms with Crippen LogP contribution in [0.25, 0.3) is 10.2 Å². The van der Waals surface area contributed by atoms with E-state index in [0.717, 1.165) is 20.9 Å². The molecule has 0 saturated heterocycles. The van der Waals surface area contributed by atoms with Gasteiger partial charge in [0.05, 0.1) is 36.3 Å². The topological polar surface area (TPSA) is 98.8 Å². The Hall–Kier alpha value is -3.76. The van der Waals surface area contributed by atoms with Gasteiger partial charge in [0, 0.05) is 16.1 Å². The number of nitrogens with zero attached hydrogens (tertiary/aromatic N) is 1. The van der Waals surface area contributed by atoms with Crippen LogP contribution >= 0.6 is 23.1 Å². The average molecular weight is 552 g/mol. The van der Waals surface area contributed by atoms with Crippen LogP contribution in [-0.2, 0) is 4.79 Å². The first kappa shape index (κ1) is 27.3. The van der Waals surface area contributed by atoms with Crippen LogP contribution in [0.4, 0.5) is 10.8 Å². The molecule has 0 radical (unpaired) electrons. The van der Waals surface area contributed by atoms with E-state index in [0.29, 0.717) is 40.9 Å². The first-order valence-electron chi connectivity index (χ1n) is 12.1. The van der Waals surface area contributed by atoms with Crippen molar-refractivity contribution in [2.45, 2.75) is 30.4 Å². The lowest BCUT2D eigenvalue weighted by Crippen LogP contribution is -2.24. The molecule has 0 aliphatic rings. The SMILES string of the molecule is CCOc1ccc2nc(NC(=O)C(CC)Sc3cccc(NC(=O)c4ccc(OC)c(OC)c4)c3)sc2c1. The number of aromatic nitrogens is 1. The Balaban J connectivity index is 1.42. The molecule has 2 amide bonds. The molecule has 4 aromatic rings. The van der Waals surface area contributed by atoms with E-state index >= 15 is 0 Å². The van der Waals surface area contributed by atoms with E-state index in [4.69, 9.17) is 14.2 Å². The van der Waals surface area contributed by atoms with Gasteiger partial charge in [-0.05, 0) is 67.9 Å². The van der Waals surface area contributed by atoms with Crippen molar-refractivity contribution < 1.29 is 23.8 Å². The lowest BCUT2D eigenvalue weighted by molar-refractivity contribution is -0.115. The Morgan fingerprint density at radius 1 is 0.974 bits per heavy atom. The number of thiazole rings is 1. The van der Waals surface area contributed by atoms with Gasteiger partial charge in [-0.25, -0.2) is 4.98 Å². The van der Waals surface area contributed by atoms with Crippen molar-refractivity contribution in [2.75, 3.05) is 31.5 Å². The second-order valence-electron chi connectivity index (χ2n) is 8.14. The van der Waals surface area contributed by atoms with Crippen LogP contribution in [-0.4, -0.2) is 42.9 Å². The zero-order valence-electron chi connectivity index (χ0n) is 21.6. The smallest absolute Gasteiger partial charge is 0.255 e. The minimum Gasteiger partial charge on any atom is -0.494 e. The Labute approximate surface area is 229 Å². The minimum atomic E-state index is -0.335. The quantitative estimate of drug-likeness (QED) is 0.206. The number of carbonyl (C=O) groups is 2. The summed E-state index contributed by atoms with van der Waals surface area (Å²) in [6.07, 6.45) is 0.623. The normalized spacial score (nSPS) is 11.6. The number of hydrogen-bond acceptors (Lipinski definition) is 8. The number of amides is 2. The molecule has 1 atom stereocenters. The van der Waals surface area contributed by atoms with E-state index in [1.807, 2.05) is 50.2 Å². The summed E-state index contributed by atoms with van der Waals surface area (Å²) < 4.78 is 17.0. The Morgan fingerprint density at radius 2 is 1.79 bits per heavy atom. The maximum absolute atomic E-state index is 13.1. The van der Waals surface area contributed by atoms with Gasteiger partial charge in [-0.1, -0.05) is 24.3 Å². The maximum atomic E-state index is 13.1. The number of benzene rings is 3. The summed E-state index contributed by atoms with van der Waals surface area (Å²) in [5.41, 5.74) is 1.88. The number of thioether (sulfide) groups is 1. The van der Waals surface area contributed by atoms with Crippen LogP contribution in [0.1, 0.15) is 30.6 Å². The number of ether oxygens (including phenoxy) is 3. The number of carbonyl (C=O) groups excluding carboxylic acids is 2. The van der Waals surface area contributed by atoms with E-state index in [1.54, 1.807) is 31.4 Å². The molecule has 38 heavy (non-hydrogen) atoms. The molecule has 0 bridgehead atoms. The first-order valence-corrected chi connectivity index (χ1v) is 13.8. The summed E-state index contributed by atoms with van der Waals surface area (Å²) in [5, 5.41) is 6.08. The van der Waals surface area contributed by atoms with Gasteiger partial charge in [0.1, 0.15) is 5.75 Å². The van der Waals surface area contributed by atoms with Crippen molar-refractivity contribution >= 4 is 55.9 Å². The number of anilines is 2. The molecule has 0 aliphatic heterocycles. The van der Waals surface area contributed by atoms with E-state index in [2.05, 4.69) is 15.6 Å². The third kappa shape index (κ3) is 6.56. The van der Waals surface area contributed by atoms with Crippen molar-refractivity contribution in [1.82, 2.24) is 4.98 Å². The van der Waals surface area contributed by atoms with E-state index in [1.165, 1.54) is 30.2 Å².